The number of carbonyl (C=O) groups excluding carboxylic acids is 1. The zero-order valence-electron chi connectivity index (χ0n) is 11.6. The van der Waals surface area contributed by atoms with Crippen molar-refractivity contribution in [2.45, 2.75) is 18.9 Å². The third-order valence-corrected chi connectivity index (χ3v) is 3.90. The number of carbonyl (C=O) groups is 1. The molecule has 2 saturated heterocycles. The number of hydrogen-bond donors (Lipinski definition) is 0. The number of ether oxygens (including phenoxy) is 1. The van der Waals surface area contributed by atoms with Gasteiger partial charge in [-0.25, -0.2) is 4.79 Å². The quantitative estimate of drug-likeness (QED) is 0.626. The fourth-order valence-corrected chi connectivity index (χ4v) is 2.91. The summed E-state index contributed by atoms with van der Waals surface area (Å²) in [4.78, 5) is 26.2. The number of para-hydroxylation sites is 2. The summed E-state index contributed by atoms with van der Waals surface area (Å²) in [7, 11) is 0. The fourth-order valence-electron chi connectivity index (χ4n) is 2.91. The van der Waals surface area contributed by atoms with E-state index >= 15 is 0 Å². The first-order valence-corrected chi connectivity index (χ1v) is 7.09. The molecule has 0 saturated carbocycles. The lowest BCUT2D eigenvalue weighted by molar-refractivity contribution is -0.384. The van der Waals surface area contributed by atoms with Gasteiger partial charge in [0, 0.05) is 12.6 Å². The standard InChI is InChI=1S/C14H17N3O4/c18-14-16(12-5-1-2-6-13(12)17(19)20)10-11(21-14)9-15-7-3-4-8-15/h1-2,5-6,11H,3-4,7-10H2. The second-order valence-corrected chi connectivity index (χ2v) is 5.37. The van der Waals surface area contributed by atoms with E-state index < -0.39 is 11.0 Å². The minimum atomic E-state index is -0.506. The number of benzene rings is 1. The van der Waals surface area contributed by atoms with Gasteiger partial charge in [-0.1, -0.05) is 12.1 Å². The number of cyclic esters (lactones) is 1. The van der Waals surface area contributed by atoms with Crippen molar-refractivity contribution in [1.29, 1.82) is 0 Å². The topological polar surface area (TPSA) is 75.9 Å². The Balaban J connectivity index is 1.74. The molecule has 21 heavy (non-hydrogen) atoms. The third-order valence-electron chi connectivity index (χ3n) is 3.90. The van der Waals surface area contributed by atoms with Crippen LogP contribution in [0.15, 0.2) is 24.3 Å². The third kappa shape index (κ3) is 2.82. The van der Waals surface area contributed by atoms with Gasteiger partial charge in [0.15, 0.2) is 0 Å². The lowest BCUT2D eigenvalue weighted by atomic mass is 10.2. The van der Waals surface area contributed by atoms with E-state index in [2.05, 4.69) is 4.90 Å². The van der Waals surface area contributed by atoms with Crippen LogP contribution in [0.4, 0.5) is 16.2 Å². The highest BCUT2D eigenvalue weighted by molar-refractivity contribution is 5.92. The number of amides is 1. The van der Waals surface area contributed by atoms with Crippen LogP contribution in [0.3, 0.4) is 0 Å². The average molecular weight is 291 g/mol. The first kappa shape index (κ1) is 13.8. The summed E-state index contributed by atoms with van der Waals surface area (Å²) in [5, 5.41) is 11.1. The van der Waals surface area contributed by atoms with Gasteiger partial charge in [0.25, 0.3) is 5.69 Å². The van der Waals surface area contributed by atoms with Crippen LogP contribution >= 0.6 is 0 Å². The molecular formula is C14H17N3O4. The van der Waals surface area contributed by atoms with Crippen molar-refractivity contribution in [2.75, 3.05) is 31.1 Å². The zero-order valence-corrected chi connectivity index (χ0v) is 11.6. The van der Waals surface area contributed by atoms with Crippen LogP contribution < -0.4 is 4.90 Å². The molecule has 1 amide bonds. The number of rotatable bonds is 4. The van der Waals surface area contributed by atoms with Gasteiger partial charge < -0.3 is 4.74 Å². The molecule has 2 aliphatic rings. The summed E-state index contributed by atoms with van der Waals surface area (Å²) >= 11 is 0. The summed E-state index contributed by atoms with van der Waals surface area (Å²) in [5.41, 5.74) is 0.229. The Morgan fingerprint density at radius 2 is 2.00 bits per heavy atom. The molecule has 1 aromatic carbocycles. The Labute approximate surface area is 122 Å². The first-order valence-electron chi connectivity index (χ1n) is 7.09. The van der Waals surface area contributed by atoms with E-state index in [0.717, 1.165) is 13.1 Å². The van der Waals surface area contributed by atoms with Gasteiger partial charge in [-0.3, -0.25) is 19.9 Å². The summed E-state index contributed by atoms with van der Waals surface area (Å²) in [6.45, 7) is 3.11. The molecule has 1 aromatic rings. The lowest BCUT2D eigenvalue weighted by Gasteiger charge is -2.18. The molecule has 0 aromatic heterocycles. The molecule has 1 atom stereocenters. The van der Waals surface area contributed by atoms with Crippen LogP contribution in [0.2, 0.25) is 0 Å². The van der Waals surface area contributed by atoms with Crippen molar-refractivity contribution in [3.8, 4) is 0 Å². The van der Waals surface area contributed by atoms with Gasteiger partial charge in [0.2, 0.25) is 0 Å². The Morgan fingerprint density at radius 1 is 1.29 bits per heavy atom. The average Bonchev–Trinajstić information content (AvgIpc) is 3.09. The molecule has 3 rings (SSSR count). The Kier molecular flexibility index (Phi) is 3.74. The second kappa shape index (κ2) is 5.69. The molecule has 0 aliphatic carbocycles. The number of anilines is 1. The maximum Gasteiger partial charge on any atom is 0.415 e. The van der Waals surface area contributed by atoms with E-state index in [1.54, 1.807) is 18.2 Å². The van der Waals surface area contributed by atoms with E-state index in [4.69, 9.17) is 4.74 Å². The van der Waals surface area contributed by atoms with Gasteiger partial charge in [-0.2, -0.15) is 0 Å². The predicted octanol–water partition coefficient (Wildman–Crippen LogP) is 2.02. The Bertz CT molecular complexity index is 557. The Morgan fingerprint density at radius 3 is 2.71 bits per heavy atom. The van der Waals surface area contributed by atoms with Crippen LogP contribution in [0, 0.1) is 10.1 Å². The predicted molar refractivity (Wildman–Crippen MR) is 76.4 cm³/mol. The van der Waals surface area contributed by atoms with Gasteiger partial charge in [-0.15, -0.1) is 0 Å². The summed E-state index contributed by atoms with van der Waals surface area (Å²) in [6, 6.07) is 6.25. The maximum atomic E-state index is 12.0. The van der Waals surface area contributed by atoms with Gasteiger partial charge in [0.05, 0.1) is 11.5 Å². The van der Waals surface area contributed by atoms with Crippen molar-refractivity contribution < 1.29 is 14.5 Å². The first-order chi connectivity index (χ1) is 10.1. The van der Waals surface area contributed by atoms with Crippen molar-refractivity contribution in [3.05, 3.63) is 34.4 Å². The van der Waals surface area contributed by atoms with Crippen molar-refractivity contribution in [1.82, 2.24) is 4.90 Å². The summed E-state index contributed by atoms with van der Waals surface area (Å²) < 4.78 is 5.35. The molecule has 2 heterocycles. The number of nitro benzene ring substituents is 1. The molecule has 0 N–H and O–H groups in total. The molecule has 112 valence electrons. The highest BCUT2D eigenvalue weighted by Crippen LogP contribution is 2.31. The molecule has 7 nitrogen and oxygen atoms in total. The van der Waals surface area contributed by atoms with Gasteiger partial charge in [-0.05, 0) is 32.0 Å². The molecule has 2 aliphatic heterocycles. The van der Waals surface area contributed by atoms with E-state index in [-0.39, 0.29) is 11.8 Å². The second-order valence-electron chi connectivity index (χ2n) is 5.37. The highest BCUT2D eigenvalue weighted by Gasteiger charge is 2.36. The van der Waals surface area contributed by atoms with E-state index in [0.29, 0.717) is 18.8 Å². The van der Waals surface area contributed by atoms with E-state index in [9.17, 15) is 14.9 Å². The van der Waals surface area contributed by atoms with Gasteiger partial charge >= 0.3 is 6.09 Å². The number of hydrogen-bond acceptors (Lipinski definition) is 5. The van der Waals surface area contributed by atoms with E-state index in [1.165, 1.54) is 23.8 Å². The van der Waals surface area contributed by atoms with Crippen LogP contribution in [0.25, 0.3) is 0 Å². The SMILES string of the molecule is O=C1OC(CN2CCCC2)CN1c1ccccc1[N+](=O)[O-]. The molecule has 0 radical (unpaired) electrons. The van der Waals surface area contributed by atoms with Crippen LogP contribution in [-0.4, -0.2) is 48.2 Å². The highest BCUT2D eigenvalue weighted by atomic mass is 16.6. The zero-order chi connectivity index (χ0) is 14.8. The van der Waals surface area contributed by atoms with Crippen molar-refractivity contribution >= 4 is 17.5 Å². The largest absolute Gasteiger partial charge is 0.443 e. The van der Waals surface area contributed by atoms with E-state index in [1.807, 2.05) is 0 Å². The molecule has 0 spiro atoms. The summed E-state index contributed by atoms with van der Waals surface area (Å²) in [5.74, 6) is 0. The van der Waals surface area contributed by atoms with Gasteiger partial charge in [0.1, 0.15) is 11.8 Å². The molecule has 7 heteroatoms. The van der Waals surface area contributed by atoms with Crippen molar-refractivity contribution in [2.24, 2.45) is 0 Å². The normalized spacial score (nSPS) is 22.6. The number of nitrogens with zero attached hydrogens (tertiary/aromatic N) is 3. The summed E-state index contributed by atoms with van der Waals surface area (Å²) in [6.07, 6.45) is 1.62. The molecule has 2 fully saturated rings. The lowest BCUT2D eigenvalue weighted by Crippen LogP contribution is -2.33. The van der Waals surface area contributed by atoms with Crippen LogP contribution in [-0.2, 0) is 4.74 Å². The smallest absolute Gasteiger partial charge is 0.415 e. The molecule has 1 unspecified atom stereocenters. The molecule has 0 bridgehead atoms. The van der Waals surface area contributed by atoms with Crippen molar-refractivity contribution in [3.63, 3.8) is 0 Å². The monoisotopic (exact) mass is 291 g/mol. The molecular weight excluding hydrogens is 274 g/mol. The minimum absolute atomic E-state index is 0.0729. The number of nitro groups is 1. The van der Waals surface area contributed by atoms with Crippen LogP contribution in [0.1, 0.15) is 12.8 Å². The van der Waals surface area contributed by atoms with Crippen LogP contribution in [0.5, 0.6) is 0 Å². The minimum Gasteiger partial charge on any atom is -0.443 e. The maximum absolute atomic E-state index is 12.0. The number of likely N-dealkylation sites (tertiary alicyclic amines) is 1. The Hall–Kier alpha value is -2.15. The fraction of sp³-hybridized carbons (Fsp3) is 0.500.